The Bertz CT molecular complexity index is 700. The van der Waals surface area contributed by atoms with Crippen molar-refractivity contribution in [3.05, 3.63) is 71.3 Å². The first-order valence-corrected chi connectivity index (χ1v) is 9.02. The summed E-state index contributed by atoms with van der Waals surface area (Å²) in [5.41, 5.74) is 9.12. The van der Waals surface area contributed by atoms with Gasteiger partial charge in [-0.1, -0.05) is 60.2 Å². The van der Waals surface area contributed by atoms with Crippen LogP contribution >= 0.6 is 0 Å². The molecule has 124 valence electrons. The summed E-state index contributed by atoms with van der Waals surface area (Å²) >= 11 is 0. The zero-order chi connectivity index (χ0) is 16.7. The van der Waals surface area contributed by atoms with Crippen molar-refractivity contribution >= 4 is 10.2 Å². The summed E-state index contributed by atoms with van der Waals surface area (Å²) in [6, 6.07) is 17.2. The number of hydrogen-bond acceptors (Lipinski definition) is 3. The Morgan fingerprint density at radius 1 is 0.957 bits per heavy atom. The molecule has 0 heterocycles. The van der Waals surface area contributed by atoms with E-state index in [1.807, 2.05) is 61.5 Å². The molecule has 5 nitrogen and oxygen atoms in total. The largest absolute Gasteiger partial charge is 0.326 e. The highest BCUT2D eigenvalue weighted by Gasteiger charge is 2.12. The molecule has 4 N–H and O–H groups in total. The fourth-order valence-corrected chi connectivity index (χ4v) is 3.03. The third-order valence-electron chi connectivity index (χ3n) is 3.46. The number of nitrogens with one attached hydrogen (secondary N) is 2. The summed E-state index contributed by atoms with van der Waals surface area (Å²) < 4.78 is 28.9. The van der Waals surface area contributed by atoms with Gasteiger partial charge in [0.15, 0.2) is 0 Å². The second kappa shape index (κ2) is 8.21. The van der Waals surface area contributed by atoms with Crippen LogP contribution in [0, 0.1) is 6.92 Å². The van der Waals surface area contributed by atoms with Crippen LogP contribution in [0.15, 0.2) is 54.6 Å². The summed E-state index contributed by atoms with van der Waals surface area (Å²) in [6.07, 6.45) is 0.626. The maximum Gasteiger partial charge on any atom is 0.277 e. The van der Waals surface area contributed by atoms with Gasteiger partial charge in [0.25, 0.3) is 10.2 Å². The van der Waals surface area contributed by atoms with E-state index in [1.54, 1.807) is 0 Å². The molecule has 0 radical (unpaired) electrons. The van der Waals surface area contributed by atoms with Crippen molar-refractivity contribution in [2.75, 3.05) is 6.54 Å². The minimum atomic E-state index is -3.56. The van der Waals surface area contributed by atoms with Gasteiger partial charge in [0, 0.05) is 19.1 Å². The molecule has 0 saturated carbocycles. The fraction of sp³-hybridized carbons (Fsp3) is 0.294. The molecule has 1 atom stereocenters. The highest BCUT2D eigenvalue weighted by molar-refractivity contribution is 7.87. The lowest BCUT2D eigenvalue weighted by molar-refractivity contribution is 0.553. The molecule has 0 bridgehead atoms. The van der Waals surface area contributed by atoms with Crippen molar-refractivity contribution in [2.45, 2.75) is 25.9 Å². The van der Waals surface area contributed by atoms with Crippen molar-refractivity contribution in [3.8, 4) is 0 Å². The van der Waals surface area contributed by atoms with Crippen LogP contribution in [0.4, 0.5) is 0 Å². The normalized spacial score (nSPS) is 13.0. The van der Waals surface area contributed by atoms with Gasteiger partial charge < -0.3 is 5.73 Å². The topological polar surface area (TPSA) is 84.2 Å². The van der Waals surface area contributed by atoms with E-state index in [0.29, 0.717) is 6.42 Å². The van der Waals surface area contributed by atoms with Crippen molar-refractivity contribution < 1.29 is 8.42 Å². The van der Waals surface area contributed by atoms with Crippen LogP contribution in [-0.4, -0.2) is 21.0 Å². The molecule has 2 aromatic rings. The number of nitrogens with two attached hydrogens (primary N) is 1. The lowest BCUT2D eigenvalue weighted by Crippen LogP contribution is -2.43. The van der Waals surface area contributed by atoms with Gasteiger partial charge >= 0.3 is 0 Å². The lowest BCUT2D eigenvalue weighted by Gasteiger charge is -2.14. The molecule has 0 aliphatic heterocycles. The van der Waals surface area contributed by atoms with E-state index in [1.165, 1.54) is 0 Å². The second-order valence-electron chi connectivity index (χ2n) is 5.61. The van der Waals surface area contributed by atoms with Crippen molar-refractivity contribution in [3.63, 3.8) is 0 Å². The van der Waals surface area contributed by atoms with Crippen LogP contribution in [0.5, 0.6) is 0 Å². The lowest BCUT2D eigenvalue weighted by atomic mass is 10.1. The third-order valence-corrected chi connectivity index (χ3v) is 4.53. The number of aryl methyl sites for hydroxylation is 1. The highest BCUT2D eigenvalue weighted by Crippen LogP contribution is 2.03. The summed E-state index contributed by atoms with van der Waals surface area (Å²) in [4.78, 5) is 0. The maximum absolute atomic E-state index is 11.9. The van der Waals surface area contributed by atoms with Crippen LogP contribution in [0.3, 0.4) is 0 Å². The molecule has 0 aliphatic carbocycles. The molecule has 0 aromatic heterocycles. The second-order valence-corrected chi connectivity index (χ2v) is 7.19. The molecule has 23 heavy (non-hydrogen) atoms. The van der Waals surface area contributed by atoms with Gasteiger partial charge in [-0.05, 0) is 24.5 Å². The molecule has 6 heteroatoms. The summed E-state index contributed by atoms with van der Waals surface area (Å²) in [5.74, 6) is 0. The van der Waals surface area contributed by atoms with Gasteiger partial charge in [-0.3, -0.25) is 0 Å². The monoisotopic (exact) mass is 333 g/mol. The molecule has 0 unspecified atom stereocenters. The SMILES string of the molecule is Cc1ccc(CNS(=O)(=O)NC[C@H](N)Cc2ccccc2)cc1. The summed E-state index contributed by atoms with van der Waals surface area (Å²) in [7, 11) is -3.56. The average molecular weight is 333 g/mol. The first kappa shape index (κ1) is 17.6. The van der Waals surface area contributed by atoms with E-state index in [9.17, 15) is 8.42 Å². The molecule has 0 aliphatic rings. The molecule has 2 aromatic carbocycles. The Morgan fingerprint density at radius 3 is 2.26 bits per heavy atom. The van der Waals surface area contributed by atoms with Gasteiger partial charge in [0.05, 0.1) is 0 Å². The quantitative estimate of drug-likeness (QED) is 0.684. The molecule has 2 rings (SSSR count). The van der Waals surface area contributed by atoms with E-state index in [-0.39, 0.29) is 19.1 Å². The van der Waals surface area contributed by atoms with E-state index < -0.39 is 10.2 Å². The van der Waals surface area contributed by atoms with Crippen LogP contribution in [0.2, 0.25) is 0 Å². The predicted octanol–water partition coefficient (Wildman–Crippen LogP) is 1.49. The zero-order valence-corrected chi connectivity index (χ0v) is 14.0. The number of benzene rings is 2. The molecule has 0 amide bonds. The van der Waals surface area contributed by atoms with Crippen LogP contribution in [-0.2, 0) is 23.2 Å². The van der Waals surface area contributed by atoms with Gasteiger partial charge in [-0.2, -0.15) is 13.1 Å². The molecule has 0 fully saturated rings. The summed E-state index contributed by atoms with van der Waals surface area (Å²) in [6.45, 7) is 2.44. The molecule has 0 spiro atoms. The smallest absolute Gasteiger partial charge is 0.277 e. The highest BCUT2D eigenvalue weighted by atomic mass is 32.2. The standard InChI is InChI=1S/C17H23N3O2S/c1-14-7-9-16(10-8-14)12-19-23(21,22)20-13-17(18)11-15-5-3-2-4-6-15/h2-10,17,19-20H,11-13,18H2,1H3/t17-/m1/s1. The first-order valence-electron chi connectivity index (χ1n) is 7.54. The van der Waals surface area contributed by atoms with Crippen molar-refractivity contribution in [1.82, 2.24) is 9.44 Å². The minimum Gasteiger partial charge on any atom is -0.326 e. The van der Waals surface area contributed by atoms with Crippen molar-refractivity contribution in [1.29, 1.82) is 0 Å². The average Bonchev–Trinajstić information content (AvgIpc) is 2.54. The first-order chi connectivity index (χ1) is 10.9. The minimum absolute atomic E-state index is 0.193. The Labute approximate surface area is 138 Å². The van der Waals surface area contributed by atoms with E-state index >= 15 is 0 Å². The molecule has 0 saturated heterocycles. The Balaban J connectivity index is 1.78. The van der Waals surface area contributed by atoms with Gasteiger partial charge in [-0.25, -0.2) is 4.72 Å². The van der Waals surface area contributed by atoms with Crippen LogP contribution in [0.25, 0.3) is 0 Å². The Morgan fingerprint density at radius 2 is 1.61 bits per heavy atom. The van der Waals surface area contributed by atoms with E-state index in [4.69, 9.17) is 5.73 Å². The van der Waals surface area contributed by atoms with Gasteiger partial charge in [-0.15, -0.1) is 0 Å². The number of rotatable bonds is 8. The van der Waals surface area contributed by atoms with E-state index in [0.717, 1.165) is 16.7 Å². The maximum atomic E-state index is 11.9. The van der Waals surface area contributed by atoms with Gasteiger partial charge in [0.2, 0.25) is 0 Å². The zero-order valence-electron chi connectivity index (χ0n) is 13.2. The third kappa shape index (κ3) is 6.50. The molecular weight excluding hydrogens is 310 g/mol. The number of hydrogen-bond donors (Lipinski definition) is 3. The van der Waals surface area contributed by atoms with Crippen LogP contribution < -0.4 is 15.2 Å². The molecular formula is C17H23N3O2S. The fourth-order valence-electron chi connectivity index (χ4n) is 2.14. The summed E-state index contributed by atoms with van der Waals surface area (Å²) in [5, 5.41) is 0. The van der Waals surface area contributed by atoms with Crippen molar-refractivity contribution in [2.24, 2.45) is 5.73 Å². The Hall–Kier alpha value is -1.73. The Kier molecular flexibility index (Phi) is 6.29. The van der Waals surface area contributed by atoms with Gasteiger partial charge in [0.1, 0.15) is 0 Å². The van der Waals surface area contributed by atoms with E-state index in [2.05, 4.69) is 9.44 Å². The predicted molar refractivity (Wildman–Crippen MR) is 93.1 cm³/mol. The van der Waals surface area contributed by atoms with Crippen LogP contribution in [0.1, 0.15) is 16.7 Å².